The summed E-state index contributed by atoms with van der Waals surface area (Å²) < 4.78 is 0. The molecule has 0 amide bonds. The van der Waals surface area contributed by atoms with E-state index in [1.165, 1.54) is 0 Å². The standard InChI is InChI=1S/C18H10O2/c19-10-17(20)15-9-16-13-6-2-1-4-11(13)8-12-5-3-7-14(15)18(12)16/h1-10H. The van der Waals surface area contributed by atoms with Crippen LogP contribution in [0.15, 0.2) is 48.5 Å². The van der Waals surface area contributed by atoms with Crippen LogP contribution in [-0.4, -0.2) is 12.1 Å². The molecule has 0 atom stereocenters. The van der Waals surface area contributed by atoms with Crippen LogP contribution in [0.25, 0.3) is 33.2 Å². The molecule has 0 N–H and O–H groups in total. The molecule has 94 valence electrons. The van der Waals surface area contributed by atoms with Gasteiger partial charge in [0.25, 0.3) is 0 Å². The fraction of sp³-hybridized carbons (Fsp3) is 0. The highest BCUT2D eigenvalue weighted by molar-refractivity contribution is 6.51. The number of carbonyl (C=O) groups is 2. The second-order valence-electron chi connectivity index (χ2n) is 4.96. The molecule has 2 heteroatoms. The van der Waals surface area contributed by atoms with E-state index in [1.54, 1.807) is 0 Å². The van der Waals surface area contributed by atoms with Gasteiger partial charge in [0.05, 0.1) is 0 Å². The lowest BCUT2D eigenvalue weighted by molar-refractivity contribution is -0.126. The fourth-order valence-corrected chi connectivity index (χ4v) is 3.03. The number of rotatable bonds is 2. The quantitative estimate of drug-likeness (QED) is 0.399. The first kappa shape index (κ1) is 11.1. The molecule has 0 aromatic heterocycles. The van der Waals surface area contributed by atoms with Gasteiger partial charge in [0.2, 0.25) is 5.78 Å². The molecular weight excluding hydrogens is 248 g/mol. The van der Waals surface area contributed by atoms with E-state index in [-0.39, 0.29) is 0 Å². The van der Waals surface area contributed by atoms with Gasteiger partial charge in [0, 0.05) is 5.57 Å². The first-order chi connectivity index (χ1) is 9.79. The number of allylic oxidation sites excluding steroid dienone is 1. The van der Waals surface area contributed by atoms with E-state index < -0.39 is 5.78 Å². The summed E-state index contributed by atoms with van der Waals surface area (Å²) in [6.45, 7) is 0. The van der Waals surface area contributed by atoms with Crippen molar-refractivity contribution < 1.29 is 9.59 Å². The van der Waals surface area contributed by atoms with E-state index in [9.17, 15) is 9.59 Å². The molecule has 0 heterocycles. The molecule has 0 unspecified atom stereocenters. The van der Waals surface area contributed by atoms with Gasteiger partial charge in [-0.05, 0) is 44.8 Å². The number of hydrogen-bond acceptors (Lipinski definition) is 2. The van der Waals surface area contributed by atoms with E-state index in [4.69, 9.17) is 0 Å². The van der Waals surface area contributed by atoms with Crippen molar-refractivity contribution in [1.82, 2.24) is 0 Å². The second kappa shape index (κ2) is 3.87. The van der Waals surface area contributed by atoms with Crippen LogP contribution < -0.4 is 0 Å². The van der Waals surface area contributed by atoms with Gasteiger partial charge >= 0.3 is 0 Å². The SMILES string of the molecule is O=CC(=O)C1=Cc2c3ccccc3cc3cccc1c23. The smallest absolute Gasteiger partial charge is 0.226 e. The Hall–Kier alpha value is -2.74. The van der Waals surface area contributed by atoms with Crippen LogP contribution in [0, 0.1) is 0 Å². The molecule has 0 saturated heterocycles. The fourth-order valence-electron chi connectivity index (χ4n) is 3.03. The summed E-state index contributed by atoms with van der Waals surface area (Å²) in [5.74, 6) is -0.460. The van der Waals surface area contributed by atoms with E-state index in [0.717, 1.165) is 32.7 Å². The third-order valence-corrected chi connectivity index (χ3v) is 3.88. The topological polar surface area (TPSA) is 34.1 Å². The lowest BCUT2D eigenvalue weighted by Crippen LogP contribution is -2.00. The van der Waals surface area contributed by atoms with Crippen molar-refractivity contribution in [3.8, 4) is 0 Å². The molecule has 0 bridgehead atoms. The van der Waals surface area contributed by atoms with Crippen LogP contribution in [-0.2, 0) is 9.59 Å². The highest BCUT2D eigenvalue weighted by Crippen LogP contribution is 2.40. The van der Waals surface area contributed by atoms with E-state index in [1.807, 2.05) is 42.5 Å². The van der Waals surface area contributed by atoms with Gasteiger partial charge in [0.15, 0.2) is 6.29 Å². The van der Waals surface area contributed by atoms with Crippen molar-refractivity contribution in [1.29, 1.82) is 0 Å². The Morgan fingerprint density at radius 3 is 2.60 bits per heavy atom. The summed E-state index contributed by atoms with van der Waals surface area (Å²) >= 11 is 0. The van der Waals surface area contributed by atoms with Crippen molar-refractivity contribution in [3.05, 3.63) is 59.7 Å². The lowest BCUT2D eigenvalue weighted by atomic mass is 9.97. The third-order valence-electron chi connectivity index (χ3n) is 3.88. The van der Waals surface area contributed by atoms with Crippen molar-refractivity contribution in [2.75, 3.05) is 0 Å². The molecule has 0 fully saturated rings. The molecule has 0 saturated carbocycles. The number of carbonyl (C=O) groups excluding carboxylic acids is 2. The highest BCUT2D eigenvalue weighted by Gasteiger charge is 2.22. The van der Waals surface area contributed by atoms with Crippen LogP contribution in [0.5, 0.6) is 0 Å². The van der Waals surface area contributed by atoms with Crippen LogP contribution >= 0.6 is 0 Å². The molecule has 0 aliphatic heterocycles. The summed E-state index contributed by atoms with van der Waals surface area (Å²) in [5, 5.41) is 4.42. The van der Waals surface area contributed by atoms with E-state index >= 15 is 0 Å². The molecule has 3 aromatic rings. The Kier molecular flexibility index (Phi) is 2.15. The van der Waals surface area contributed by atoms with Gasteiger partial charge in [-0.3, -0.25) is 9.59 Å². The molecule has 20 heavy (non-hydrogen) atoms. The molecule has 4 rings (SSSR count). The normalized spacial score (nSPS) is 12.7. The van der Waals surface area contributed by atoms with Gasteiger partial charge in [-0.1, -0.05) is 42.5 Å². The molecule has 1 aliphatic rings. The summed E-state index contributed by atoms with van der Waals surface area (Å²) in [6.07, 6.45) is 2.23. The summed E-state index contributed by atoms with van der Waals surface area (Å²) in [5.41, 5.74) is 2.40. The molecule has 1 aliphatic carbocycles. The van der Waals surface area contributed by atoms with Crippen molar-refractivity contribution in [2.24, 2.45) is 0 Å². The van der Waals surface area contributed by atoms with Crippen LogP contribution in [0.4, 0.5) is 0 Å². The van der Waals surface area contributed by atoms with Gasteiger partial charge in [0.1, 0.15) is 0 Å². The number of Topliss-reactive ketones (excluding diaryl/α,β-unsaturated/α-hetero) is 1. The van der Waals surface area contributed by atoms with Crippen LogP contribution in [0.1, 0.15) is 11.1 Å². The van der Waals surface area contributed by atoms with E-state index in [2.05, 4.69) is 12.1 Å². The average molecular weight is 258 g/mol. The zero-order valence-corrected chi connectivity index (χ0v) is 10.6. The first-order valence-electron chi connectivity index (χ1n) is 6.45. The predicted octanol–water partition coefficient (Wildman–Crippen LogP) is 3.62. The molecule has 0 radical (unpaired) electrons. The maximum atomic E-state index is 11.8. The molecule has 2 nitrogen and oxygen atoms in total. The Labute approximate surface area is 115 Å². The van der Waals surface area contributed by atoms with Gasteiger partial charge in [-0.25, -0.2) is 0 Å². The van der Waals surface area contributed by atoms with Crippen LogP contribution in [0.3, 0.4) is 0 Å². The number of aldehydes is 1. The minimum Gasteiger partial charge on any atom is -0.294 e. The molecular formula is C18H10O2. The zero-order chi connectivity index (χ0) is 13.7. The largest absolute Gasteiger partial charge is 0.294 e. The Morgan fingerprint density at radius 1 is 0.950 bits per heavy atom. The van der Waals surface area contributed by atoms with E-state index in [0.29, 0.717) is 11.9 Å². The predicted molar refractivity (Wildman–Crippen MR) is 80.4 cm³/mol. The molecule has 0 spiro atoms. The number of benzene rings is 3. The monoisotopic (exact) mass is 258 g/mol. The first-order valence-corrected chi connectivity index (χ1v) is 6.45. The maximum Gasteiger partial charge on any atom is 0.226 e. The average Bonchev–Trinajstić information content (AvgIpc) is 2.88. The maximum absolute atomic E-state index is 11.8. The summed E-state index contributed by atoms with van der Waals surface area (Å²) in [7, 11) is 0. The van der Waals surface area contributed by atoms with Gasteiger partial charge in [-0.15, -0.1) is 0 Å². The lowest BCUT2D eigenvalue weighted by Gasteiger charge is -2.06. The Balaban J connectivity index is 2.21. The second-order valence-corrected chi connectivity index (χ2v) is 4.96. The molecule has 3 aromatic carbocycles. The van der Waals surface area contributed by atoms with Crippen molar-refractivity contribution >= 4 is 45.3 Å². The number of hydrogen-bond donors (Lipinski definition) is 0. The van der Waals surface area contributed by atoms with Crippen LogP contribution in [0.2, 0.25) is 0 Å². The van der Waals surface area contributed by atoms with Crippen molar-refractivity contribution in [3.63, 3.8) is 0 Å². The third kappa shape index (κ3) is 1.33. The Morgan fingerprint density at radius 2 is 1.75 bits per heavy atom. The zero-order valence-electron chi connectivity index (χ0n) is 10.6. The van der Waals surface area contributed by atoms with Crippen molar-refractivity contribution in [2.45, 2.75) is 0 Å². The van der Waals surface area contributed by atoms with Gasteiger partial charge < -0.3 is 0 Å². The minimum absolute atomic E-state index is 0.388. The Bertz CT molecular complexity index is 933. The summed E-state index contributed by atoms with van der Waals surface area (Å²) in [4.78, 5) is 22.7. The number of ketones is 1. The highest BCUT2D eigenvalue weighted by atomic mass is 16.2. The minimum atomic E-state index is -0.460. The number of fused-ring (bicyclic) bond motifs is 2. The van der Waals surface area contributed by atoms with Gasteiger partial charge in [-0.2, -0.15) is 0 Å². The summed E-state index contributed by atoms with van der Waals surface area (Å²) in [6, 6.07) is 16.1.